The van der Waals surface area contributed by atoms with Crippen LogP contribution in [0, 0.1) is 24.7 Å². The second kappa shape index (κ2) is 9.25. The third-order valence-corrected chi connectivity index (χ3v) is 2.08. The summed E-state index contributed by atoms with van der Waals surface area (Å²) in [5, 5.41) is 0. The molecule has 118 valence electrons. The summed E-state index contributed by atoms with van der Waals surface area (Å²) in [7, 11) is 0. The Kier molecular flexibility index (Phi) is 8.49. The summed E-state index contributed by atoms with van der Waals surface area (Å²) in [6, 6.07) is 0. The molecular formula is C15H24N2O4. The standard InChI is InChI=1S/C15H24N2O4/c1-7-9-19-11-15(6,12-20-10-8-2)17-16-13(18)21-14(3,4)5/h1-2,17H,9-12H2,3-6H3,(H,16,18). The molecule has 0 bridgehead atoms. The Hall–Kier alpha value is -1.73. The summed E-state index contributed by atoms with van der Waals surface area (Å²) in [6.45, 7) is 7.93. The van der Waals surface area contributed by atoms with Crippen LogP contribution in [0.5, 0.6) is 0 Å². The predicted octanol–water partition coefficient (Wildman–Crippen LogP) is 1.07. The topological polar surface area (TPSA) is 68.8 Å². The maximum atomic E-state index is 11.6. The van der Waals surface area contributed by atoms with E-state index in [1.54, 1.807) is 27.7 Å². The van der Waals surface area contributed by atoms with Crippen molar-refractivity contribution in [3.63, 3.8) is 0 Å². The molecule has 0 aromatic heterocycles. The van der Waals surface area contributed by atoms with Gasteiger partial charge >= 0.3 is 6.09 Å². The smallest absolute Gasteiger partial charge is 0.422 e. The molecule has 6 nitrogen and oxygen atoms in total. The van der Waals surface area contributed by atoms with Gasteiger partial charge in [-0.05, 0) is 27.7 Å². The van der Waals surface area contributed by atoms with Gasteiger partial charge < -0.3 is 14.2 Å². The fraction of sp³-hybridized carbons (Fsp3) is 0.667. The van der Waals surface area contributed by atoms with Gasteiger partial charge in [-0.15, -0.1) is 12.8 Å². The number of ether oxygens (including phenoxy) is 3. The molecular weight excluding hydrogens is 272 g/mol. The molecule has 2 N–H and O–H groups in total. The normalized spacial score (nSPS) is 11.3. The van der Waals surface area contributed by atoms with Crippen LogP contribution in [0.3, 0.4) is 0 Å². The summed E-state index contributed by atoms with van der Waals surface area (Å²) in [5.74, 6) is 4.74. The molecule has 6 heteroatoms. The highest BCUT2D eigenvalue weighted by molar-refractivity contribution is 5.67. The molecule has 0 atom stereocenters. The number of rotatable bonds is 8. The first-order valence-corrected chi connectivity index (χ1v) is 6.51. The molecule has 0 saturated carbocycles. The minimum Gasteiger partial charge on any atom is -0.443 e. The van der Waals surface area contributed by atoms with E-state index in [1.165, 1.54) is 0 Å². The highest BCUT2D eigenvalue weighted by Gasteiger charge is 2.26. The van der Waals surface area contributed by atoms with Crippen molar-refractivity contribution in [2.24, 2.45) is 0 Å². The van der Waals surface area contributed by atoms with Crippen LogP contribution in [-0.4, -0.2) is 43.7 Å². The number of amides is 1. The largest absolute Gasteiger partial charge is 0.443 e. The van der Waals surface area contributed by atoms with Crippen molar-refractivity contribution in [3.8, 4) is 24.7 Å². The second-order valence-corrected chi connectivity index (χ2v) is 5.71. The van der Waals surface area contributed by atoms with Gasteiger partial charge in [0, 0.05) is 0 Å². The van der Waals surface area contributed by atoms with Gasteiger partial charge in [-0.1, -0.05) is 11.8 Å². The molecule has 0 aliphatic rings. The summed E-state index contributed by atoms with van der Waals surface area (Å²) in [6.07, 6.45) is 9.66. The molecule has 0 saturated heterocycles. The van der Waals surface area contributed by atoms with Gasteiger partial charge in [-0.3, -0.25) is 5.43 Å². The van der Waals surface area contributed by atoms with Crippen molar-refractivity contribution in [3.05, 3.63) is 0 Å². The van der Waals surface area contributed by atoms with Gasteiger partial charge in [0.05, 0.1) is 18.8 Å². The molecule has 0 aromatic carbocycles. The zero-order chi connectivity index (χ0) is 16.4. The average Bonchev–Trinajstić information content (AvgIpc) is 2.35. The number of hydrazine groups is 1. The molecule has 0 aliphatic heterocycles. The lowest BCUT2D eigenvalue weighted by molar-refractivity contribution is 0.0146. The van der Waals surface area contributed by atoms with Crippen molar-refractivity contribution in [2.45, 2.75) is 38.8 Å². The minimum atomic E-state index is -0.690. The zero-order valence-electron chi connectivity index (χ0n) is 13.1. The van der Waals surface area contributed by atoms with Crippen molar-refractivity contribution in [2.75, 3.05) is 26.4 Å². The molecule has 0 unspecified atom stereocenters. The first-order chi connectivity index (χ1) is 9.72. The van der Waals surface area contributed by atoms with E-state index in [2.05, 4.69) is 22.7 Å². The molecule has 0 aliphatic carbocycles. The van der Waals surface area contributed by atoms with Crippen molar-refractivity contribution in [1.82, 2.24) is 10.9 Å². The van der Waals surface area contributed by atoms with E-state index in [0.29, 0.717) is 0 Å². The van der Waals surface area contributed by atoms with Gasteiger partial charge in [0.15, 0.2) is 0 Å². The first kappa shape index (κ1) is 19.3. The monoisotopic (exact) mass is 296 g/mol. The summed E-state index contributed by atoms with van der Waals surface area (Å²) in [5.41, 5.74) is 4.01. The van der Waals surface area contributed by atoms with Crippen LogP contribution < -0.4 is 10.9 Å². The van der Waals surface area contributed by atoms with Crippen molar-refractivity contribution >= 4 is 6.09 Å². The lowest BCUT2D eigenvalue weighted by atomic mass is 10.1. The van der Waals surface area contributed by atoms with Crippen LogP contribution in [0.25, 0.3) is 0 Å². The molecule has 21 heavy (non-hydrogen) atoms. The summed E-state index contributed by atoms with van der Waals surface area (Å²) < 4.78 is 15.7. The number of carbonyl (C=O) groups excluding carboxylic acids is 1. The molecule has 0 heterocycles. The van der Waals surface area contributed by atoms with E-state index in [-0.39, 0.29) is 26.4 Å². The second-order valence-electron chi connectivity index (χ2n) is 5.71. The highest BCUT2D eigenvalue weighted by atomic mass is 16.6. The van der Waals surface area contributed by atoms with Gasteiger partial charge in [0.25, 0.3) is 0 Å². The minimum absolute atomic E-state index is 0.166. The quantitative estimate of drug-likeness (QED) is 0.398. The lowest BCUT2D eigenvalue weighted by Crippen LogP contribution is -2.58. The van der Waals surface area contributed by atoms with E-state index < -0.39 is 17.2 Å². The number of nitrogens with one attached hydrogen (secondary N) is 2. The Morgan fingerprint density at radius 2 is 1.52 bits per heavy atom. The average molecular weight is 296 g/mol. The van der Waals surface area contributed by atoms with Crippen LogP contribution in [-0.2, 0) is 14.2 Å². The predicted molar refractivity (Wildman–Crippen MR) is 80.2 cm³/mol. The van der Waals surface area contributed by atoms with Crippen molar-refractivity contribution < 1.29 is 19.0 Å². The van der Waals surface area contributed by atoms with Gasteiger partial charge in [0.1, 0.15) is 18.8 Å². The molecule has 0 rings (SSSR count). The summed E-state index contributed by atoms with van der Waals surface area (Å²) >= 11 is 0. The Morgan fingerprint density at radius 3 is 1.90 bits per heavy atom. The van der Waals surface area contributed by atoms with E-state index in [4.69, 9.17) is 27.1 Å². The fourth-order valence-corrected chi connectivity index (χ4v) is 1.29. The van der Waals surface area contributed by atoms with Crippen molar-refractivity contribution in [1.29, 1.82) is 0 Å². The Morgan fingerprint density at radius 1 is 1.05 bits per heavy atom. The van der Waals surface area contributed by atoms with E-state index in [1.807, 2.05) is 0 Å². The molecule has 0 fully saturated rings. The number of carbonyl (C=O) groups is 1. The Labute approximate surface area is 126 Å². The van der Waals surface area contributed by atoms with Crippen LogP contribution in [0.4, 0.5) is 4.79 Å². The third kappa shape index (κ3) is 10.7. The Balaban J connectivity index is 4.41. The lowest BCUT2D eigenvalue weighted by Gasteiger charge is -2.30. The number of hydrogen-bond acceptors (Lipinski definition) is 5. The molecule has 0 radical (unpaired) electrons. The van der Waals surface area contributed by atoms with Crippen LogP contribution >= 0.6 is 0 Å². The molecule has 1 amide bonds. The van der Waals surface area contributed by atoms with E-state index >= 15 is 0 Å². The Bertz CT molecular complexity index is 381. The molecule has 0 spiro atoms. The SMILES string of the molecule is C#CCOCC(C)(COCC#C)NNC(=O)OC(C)(C)C. The maximum absolute atomic E-state index is 11.6. The highest BCUT2D eigenvalue weighted by Crippen LogP contribution is 2.08. The fourth-order valence-electron chi connectivity index (χ4n) is 1.29. The number of terminal acetylenes is 2. The third-order valence-electron chi connectivity index (χ3n) is 2.08. The summed E-state index contributed by atoms with van der Waals surface area (Å²) in [4.78, 5) is 11.6. The first-order valence-electron chi connectivity index (χ1n) is 6.51. The van der Waals surface area contributed by atoms with E-state index in [0.717, 1.165) is 0 Å². The van der Waals surface area contributed by atoms with Crippen LogP contribution in [0.2, 0.25) is 0 Å². The van der Waals surface area contributed by atoms with E-state index in [9.17, 15) is 4.79 Å². The number of hydrogen-bond donors (Lipinski definition) is 2. The van der Waals surface area contributed by atoms with Gasteiger partial charge in [0.2, 0.25) is 0 Å². The zero-order valence-corrected chi connectivity index (χ0v) is 13.1. The van der Waals surface area contributed by atoms with Gasteiger partial charge in [-0.25, -0.2) is 10.2 Å². The maximum Gasteiger partial charge on any atom is 0.422 e. The van der Waals surface area contributed by atoms with Crippen LogP contribution in [0.15, 0.2) is 0 Å². The molecule has 0 aromatic rings. The van der Waals surface area contributed by atoms with Gasteiger partial charge in [-0.2, -0.15) is 0 Å². The van der Waals surface area contributed by atoms with Crippen LogP contribution in [0.1, 0.15) is 27.7 Å².